The Hall–Kier alpha value is -4.93. The molecular weight excluding hydrogens is 482 g/mol. The summed E-state index contributed by atoms with van der Waals surface area (Å²) in [6.45, 7) is 6.02. The lowest BCUT2D eigenvalue weighted by Crippen LogP contribution is -2.19. The molecule has 0 radical (unpaired) electrons. The van der Waals surface area contributed by atoms with Crippen molar-refractivity contribution in [3.05, 3.63) is 66.7 Å². The maximum Gasteiger partial charge on any atom is 0.324 e. The summed E-state index contributed by atoms with van der Waals surface area (Å²) >= 11 is 0. The molecule has 2 amide bonds. The van der Waals surface area contributed by atoms with Crippen LogP contribution in [0, 0.1) is 0 Å². The van der Waals surface area contributed by atoms with Crippen LogP contribution in [0.1, 0.15) is 26.5 Å². The Morgan fingerprint density at radius 2 is 1.79 bits per heavy atom. The van der Waals surface area contributed by atoms with Gasteiger partial charge in [0.05, 0.1) is 11.1 Å². The standard InChI is InChI=1S/C27H29N9O2/c1-27(2,3)20-14-21(34-38-20)32-26(37)31-17-9-11-18(12-10-17)36-25-22(24(28)29-15-30-25)23(33-36)16-7-6-8-19(13-16)35(4)5/h6-15H,1-5H3,(H2,28,29,30)(H2,31,32,34,37). The lowest BCUT2D eigenvalue weighted by atomic mass is 9.93. The van der Waals surface area contributed by atoms with Crippen molar-refractivity contribution in [3.63, 3.8) is 0 Å². The van der Waals surface area contributed by atoms with Gasteiger partial charge >= 0.3 is 6.03 Å². The van der Waals surface area contributed by atoms with Crippen LogP contribution in [0.3, 0.4) is 0 Å². The number of nitrogens with two attached hydrogens (primary N) is 1. The van der Waals surface area contributed by atoms with Gasteiger partial charge in [0.25, 0.3) is 0 Å². The van der Waals surface area contributed by atoms with Gasteiger partial charge in [0.15, 0.2) is 11.5 Å². The molecule has 0 bridgehead atoms. The number of hydrogen-bond donors (Lipinski definition) is 3. The van der Waals surface area contributed by atoms with Crippen LogP contribution in [0.15, 0.2) is 65.4 Å². The predicted molar refractivity (Wildman–Crippen MR) is 149 cm³/mol. The van der Waals surface area contributed by atoms with Gasteiger partial charge in [-0.2, -0.15) is 5.10 Å². The summed E-state index contributed by atoms with van der Waals surface area (Å²) in [6, 6.07) is 16.6. The molecule has 3 heterocycles. The van der Waals surface area contributed by atoms with Crippen LogP contribution in [0.25, 0.3) is 28.0 Å². The summed E-state index contributed by atoms with van der Waals surface area (Å²) in [6.07, 6.45) is 1.42. The maximum atomic E-state index is 12.5. The number of nitrogens with one attached hydrogen (secondary N) is 2. The SMILES string of the molecule is CN(C)c1cccc(-c2nn(-c3ccc(NC(=O)Nc4cc(C(C)(C)C)on4)cc3)c3ncnc(N)c23)c1. The maximum absolute atomic E-state index is 12.5. The fourth-order valence-electron chi connectivity index (χ4n) is 3.94. The van der Waals surface area contributed by atoms with Crippen molar-refractivity contribution in [2.75, 3.05) is 35.4 Å². The van der Waals surface area contributed by atoms with Crippen molar-refractivity contribution in [1.82, 2.24) is 24.9 Å². The van der Waals surface area contributed by atoms with E-state index in [1.807, 2.05) is 76.2 Å². The van der Waals surface area contributed by atoms with Gasteiger partial charge in [0, 0.05) is 42.5 Å². The van der Waals surface area contributed by atoms with Gasteiger partial charge in [-0.3, -0.25) is 5.32 Å². The van der Waals surface area contributed by atoms with Gasteiger partial charge in [-0.05, 0) is 36.4 Å². The molecule has 0 saturated carbocycles. The highest BCUT2D eigenvalue weighted by Crippen LogP contribution is 2.33. The van der Waals surface area contributed by atoms with Crippen molar-refractivity contribution in [2.45, 2.75) is 26.2 Å². The van der Waals surface area contributed by atoms with Crippen LogP contribution in [0.4, 0.5) is 27.8 Å². The minimum absolute atomic E-state index is 0.208. The highest BCUT2D eigenvalue weighted by atomic mass is 16.5. The molecular formula is C27H29N9O2. The van der Waals surface area contributed by atoms with Gasteiger partial charge in [-0.15, -0.1) is 0 Å². The summed E-state index contributed by atoms with van der Waals surface area (Å²) in [5.74, 6) is 1.37. The van der Waals surface area contributed by atoms with Crippen LogP contribution in [-0.4, -0.2) is 45.0 Å². The molecule has 4 N–H and O–H groups in total. The van der Waals surface area contributed by atoms with E-state index in [9.17, 15) is 4.79 Å². The molecule has 0 fully saturated rings. The molecule has 11 heteroatoms. The van der Waals surface area contributed by atoms with Crippen molar-refractivity contribution in [3.8, 4) is 16.9 Å². The monoisotopic (exact) mass is 511 g/mol. The Kier molecular flexibility index (Phi) is 6.19. The summed E-state index contributed by atoms with van der Waals surface area (Å²) in [4.78, 5) is 23.2. The molecule has 2 aromatic carbocycles. The molecule has 38 heavy (non-hydrogen) atoms. The molecule has 194 valence electrons. The summed E-state index contributed by atoms with van der Waals surface area (Å²) in [5.41, 5.74) is 10.6. The molecule has 0 aliphatic heterocycles. The number of fused-ring (bicyclic) bond motifs is 1. The Labute approximate surface area is 219 Å². The van der Waals surface area contributed by atoms with Crippen LogP contribution in [0.2, 0.25) is 0 Å². The van der Waals surface area contributed by atoms with Crippen LogP contribution in [0.5, 0.6) is 0 Å². The van der Waals surface area contributed by atoms with Gasteiger partial charge in [-0.1, -0.05) is 38.1 Å². The predicted octanol–water partition coefficient (Wildman–Crippen LogP) is 5.06. The molecule has 0 atom stereocenters. The van der Waals surface area contributed by atoms with Gasteiger partial charge in [-0.25, -0.2) is 19.4 Å². The summed E-state index contributed by atoms with van der Waals surface area (Å²) < 4.78 is 7.04. The van der Waals surface area contributed by atoms with E-state index in [2.05, 4.69) is 25.8 Å². The van der Waals surface area contributed by atoms with E-state index in [1.165, 1.54) is 6.33 Å². The number of hydrogen-bond acceptors (Lipinski definition) is 8. The molecule has 5 aromatic rings. The Morgan fingerprint density at radius 3 is 2.47 bits per heavy atom. The van der Waals surface area contributed by atoms with Gasteiger partial charge in [0.2, 0.25) is 0 Å². The normalized spacial score (nSPS) is 11.5. The Balaban J connectivity index is 1.41. The molecule has 0 aliphatic rings. The van der Waals surface area contributed by atoms with Crippen molar-refractivity contribution >= 4 is 40.1 Å². The smallest absolute Gasteiger partial charge is 0.324 e. The van der Waals surface area contributed by atoms with Crippen molar-refractivity contribution in [2.24, 2.45) is 0 Å². The topological polar surface area (TPSA) is 140 Å². The summed E-state index contributed by atoms with van der Waals surface area (Å²) in [7, 11) is 3.97. The highest BCUT2D eigenvalue weighted by Gasteiger charge is 2.21. The van der Waals surface area contributed by atoms with Crippen LogP contribution in [-0.2, 0) is 5.41 Å². The molecule has 0 unspecified atom stereocenters. The molecule has 11 nitrogen and oxygen atoms in total. The second-order valence-electron chi connectivity index (χ2n) is 10.1. The molecule has 0 spiro atoms. The number of carbonyl (C=O) groups is 1. The number of urea groups is 1. The Bertz CT molecular complexity index is 1610. The van der Waals surface area contributed by atoms with E-state index in [1.54, 1.807) is 22.9 Å². The number of rotatable bonds is 5. The first-order valence-corrected chi connectivity index (χ1v) is 12.0. The van der Waals surface area contributed by atoms with E-state index in [-0.39, 0.29) is 5.41 Å². The Morgan fingerprint density at radius 1 is 1.03 bits per heavy atom. The van der Waals surface area contributed by atoms with Crippen molar-refractivity contribution in [1.29, 1.82) is 0 Å². The number of nitrogen functional groups attached to an aromatic ring is 1. The molecule has 0 saturated heterocycles. The highest BCUT2D eigenvalue weighted by molar-refractivity contribution is 6.00. The zero-order valence-corrected chi connectivity index (χ0v) is 21.9. The third-order valence-electron chi connectivity index (χ3n) is 5.99. The van der Waals surface area contributed by atoms with Gasteiger partial charge in [0.1, 0.15) is 23.6 Å². The van der Waals surface area contributed by atoms with Gasteiger partial charge < -0.3 is 20.5 Å². The third kappa shape index (κ3) is 4.85. The second kappa shape index (κ2) is 9.51. The molecule has 5 rings (SSSR count). The number of amides is 2. The number of benzene rings is 2. The van der Waals surface area contributed by atoms with Crippen LogP contribution < -0.4 is 21.3 Å². The van der Waals surface area contributed by atoms with Crippen molar-refractivity contribution < 1.29 is 9.32 Å². The number of anilines is 4. The first kappa shape index (κ1) is 24.8. The number of nitrogens with zero attached hydrogens (tertiary/aromatic N) is 6. The minimum atomic E-state index is -0.431. The third-order valence-corrected chi connectivity index (χ3v) is 5.99. The van der Waals surface area contributed by atoms with E-state index < -0.39 is 6.03 Å². The summed E-state index contributed by atoms with van der Waals surface area (Å²) in [5, 5.41) is 14.9. The van der Waals surface area contributed by atoms with Crippen LogP contribution >= 0.6 is 0 Å². The van der Waals surface area contributed by atoms with E-state index in [0.29, 0.717) is 39.8 Å². The quantitative estimate of drug-likeness (QED) is 0.297. The lowest BCUT2D eigenvalue weighted by Gasteiger charge is -2.13. The van der Waals surface area contributed by atoms with E-state index >= 15 is 0 Å². The molecule has 0 aliphatic carbocycles. The largest absolute Gasteiger partial charge is 0.383 e. The zero-order valence-electron chi connectivity index (χ0n) is 21.9. The first-order valence-electron chi connectivity index (χ1n) is 12.0. The average Bonchev–Trinajstić information content (AvgIpc) is 3.50. The zero-order chi connectivity index (χ0) is 27.0. The fraction of sp³-hybridized carbons (Fsp3) is 0.222. The minimum Gasteiger partial charge on any atom is -0.383 e. The number of aromatic nitrogens is 5. The number of carbonyl (C=O) groups excluding carboxylic acids is 1. The molecule has 3 aromatic heterocycles. The first-order chi connectivity index (χ1) is 18.1. The second-order valence-corrected chi connectivity index (χ2v) is 10.1. The fourth-order valence-corrected chi connectivity index (χ4v) is 3.94. The lowest BCUT2D eigenvalue weighted by molar-refractivity contribution is 0.262. The van der Waals surface area contributed by atoms with E-state index in [4.69, 9.17) is 15.4 Å². The average molecular weight is 512 g/mol. The van der Waals surface area contributed by atoms with E-state index in [0.717, 1.165) is 16.9 Å².